The van der Waals surface area contributed by atoms with Crippen molar-refractivity contribution in [2.45, 2.75) is 13.0 Å². The van der Waals surface area contributed by atoms with E-state index >= 15 is 0 Å². The van der Waals surface area contributed by atoms with Crippen LogP contribution in [-0.4, -0.2) is 18.0 Å². The molecule has 0 radical (unpaired) electrons. The van der Waals surface area contributed by atoms with Crippen molar-refractivity contribution in [3.63, 3.8) is 0 Å². The number of carbonyl (C=O) groups excluding carboxylic acids is 2. The molecule has 0 spiro atoms. The van der Waals surface area contributed by atoms with E-state index in [9.17, 15) is 9.59 Å². The Morgan fingerprint density at radius 2 is 2.18 bits per heavy atom. The lowest BCUT2D eigenvalue weighted by atomic mass is 10.3. The van der Waals surface area contributed by atoms with Crippen molar-refractivity contribution >= 4 is 39.5 Å². The van der Waals surface area contributed by atoms with E-state index < -0.39 is 18.0 Å². The van der Waals surface area contributed by atoms with Crippen LogP contribution in [-0.2, 0) is 4.79 Å². The van der Waals surface area contributed by atoms with Gasteiger partial charge in [0.05, 0.1) is 4.47 Å². The van der Waals surface area contributed by atoms with Crippen molar-refractivity contribution in [3.05, 3.63) is 27.7 Å². The summed E-state index contributed by atoms with van der Waals surface area (Å²) >= 11 is 9.00. The summed E-state index contributed by atoms with van der Waals surface area (Å²) in [4.78, 5) is 21.8. The average molecular weight is 322 g/mol. The number of imide groups is 1. The third kappa shape index (κ3) is 4.24. The Labute approximate surface area is 111 Å². The first-order valence-corrected chi connectivity index (χ1v) is 5.79. The van der Waals surface area contributed by atoms with Crippen molar-refractivity contribution < 1.29 is 14.3 Å². The molecule has 1 rings (SSSR count). The number of halogens is 2. The predicted molar refractivity (Wildman–Crippen MR) is 67.0 cm³/mol. The molecule has 1 atom stereocenters. The molecule has 1 aromatic carbocycles. The largest absolute Gasteiger partial charge is 0.480 e. The Morgan fingerprint density at radius 1 is 1.53 bits per heavy atom. The monoisotopic (exact) mass is 320 g/mol. The van der Waals surface area contributed by atoms with Gasteiger partial charge in [0.2, 0.25) is 0 Å². The zero-order valence-electron chi connectivity index (χ0n) is 8.87. The van der Waals surface area contributed by atoms with Crippen LogP contribution in [0.4, 0.5) is 4.79 Å². The van der Waals surface area contributed by atoms with E-state index in [-0.39, 0.29) is 0 Å². The summed E-state index contributed by atoms with van der Waals surface area (Å²) in [6.07, 6.45) is -0.847. The fraction of sp³-hybridized carbons (Fsp3) is 0.200. The lowest BCUT2D eigenvalue weighted by molar-refractivity contribution is -0.126. The number of nitrogens with one attached hydrogen (secondary N) is 1. The van der Waals surface area contributed by atoms with Gasteiger partial charge in [0, 0.05) is 5.02 Å². The van der Waals surface area contributed by atoms with E-state index in [1.807, 2.05) is 5.32 Å². The minimum Gasteiger partial charge on any atom is -0.480 e. The van der Waals surface area contributed by atoms with Gasteiger partial charge in [0.1, 0.15) is 5.75 Å². The number of urea groups is 1. The second kappa shape index (κ2) is 5.88. The highest BCUT2D eigenvalue weighted by Crippen LogP contribution is 2.28. The molecule has 0 saturated heterocycles. The first-order chi connectivity index (χ1) is 7.90. The summed E-state index contributed by atoms with van der Waals surface area (Å²) in [6, 6.07) is 3.96. The molecule has 0 aliphatic carbocycles. The molecule has 0 aromatic heterocycles. The molecule has 0 aliphatic heterocycles. The molecule has 3 amide bonds. The van der Waals surface area contributed by atoms with Crippen molar-refractivity contribution in [1.82, 2.24) is 5.32 Å². The fourth-order valence-corrected chi connectivity index (χ4v) is 1.81. The summed E-state index contributed by atoms with van der Waals surface area (Å²) in [5, 5.41) is 2.47. The van der Waals surface area contributed by atoms with Crippen LogP contribution in [0.5, 0.6) is 5.75 Å². The van der Waals surface area contributed by atoms with Crippen molar-refractivity contribution in [2.24, 2.45) is 5.73 Å². The molecular weight excluding hydrogens is 311 g/mol. The van der Waals surface area contributed by atoms with Crippen LogP contribution >= 0.6 is 27.5 Å². The molecule has 0 fully saturated rings. The van der Waals surface area contributed by atoms with Crippen LogP contribution in [0.15, 0.2) is 22.7 Å². The van der Waals surface area contributed by atoms with E-state index in [1.165, 1.54) is 6.92 Å². The molecule has 3 N–H and O–H groups in total. The first-order valence-electron chi connectivity index (χ1n) is 4.62. The Bertz CT molecular complexity index is 453. The maximum atomic E-state index is 11.4. The van der Waals surface area contributed by atoms with Crippen LogP contribution in [0.25, 0.3) is 0 Å². The van der Waals surface area contributed by atoms with Gasteiger partial charge in [-0.1, -0.05) is 11.6 Å². The fourth-order valence-electron chi connectivity index (χ4n) is 1.04. The molecule has 0 bridgehead atoms. The first kappa shape index (κ1) is 13.8. The second-order valence-corrected chi connectivity index (χ2v) is 4.48. The molecule has 5 nitrogen and oxygen atoms in total. The Balaban J connectivity index is 2.70. The van der Waals surface area contributed by atoms with Crippen molar-refractivity contribution in [3.8, 4) is 5.75 Å². The summed E-state index contributed by atoms with van der Waals surface area (Å²) in [5.41, 5.74) is 4.82. The van der Waals surface area contributed by atoms with E-state index in [1.54, 1.807) is 18.2 Å². The highest BCUT2D eigenvalue weighted by atomic mass is 79.9. The molecule has 7 heteroatoms. The van der Waals surface area contributed by atoms with Crippen LogP contribution in [0, 0.1) is 0 Å². The molecule has 0 aliphatic rings. The number of ether oxygens (including phenoxy) is 1. The van der Waals surface area contributed by atoms with Gasteiger partial charge in [-0.05, 0) is 41.1 Å². The van der Waals surface area contributed by atoms with Gasteiger partial charge < -0.3 is 10.5 Å². The maximum absolute atomic E-state index is 11.4. The minimum absolute atomic E-state index is 0.446. The van der Waals surface area contributed by atoms with Gasteiger partial charge in [-0.25, -0.2) is 4.79 Å². The Kier molecular flexibility index (Phi) is 4.77. The van der Waals surface area contributed by atoms with Gasteiger partial charge in [-0.3, -0.25) is 10.1 Å². The third-order valence-corrected chi connectivity index (χ3v) is 2.67. The van der Waals surface area contributed by atoms with Crippen molar-refractivity contribution in [2.75, 3.05) is 0 Å². The quantitative estimate of drug-likeness (QED) is 0.894. The molecule has 1 aromatic rings. The van der Waals surface area contributed by atoms with Gasteiger partial charge in [-0.2, -0.15) is 0 Å². The zero-order chi connectivity index (χ0) is 13.0. The number of primary amides is 1. The van der Waals surface area contributed by atoms with Crippen LogP contribution < -0.4 is 15.8 Å². The molecule has 0 unspecified atom stereocenters. The Hall–Kier alpha value is -1.27. The van der Waals surface area contributed by atoms with E-state index in [2.05, 4.69) is 15.9 Å². The lowest BCUT2D eigenvalue weighted by Crippen LogP contribution is -2.42. The highest BCUT2D eigenvalue weighted by Gasteiger charge is 2.17. The van der Waals surface area contributed by atoms with Crippen LogP contribution in [0.1, 0.15) is 6.92 Å². The maximum Gasteiger partial charge on any atom is 0.318 e. The molecular formula is C10H10BrClN2O3. The molecule has 0 heterocycles. The van der Waals surface area contributed by atoms with E-state index in [4.69, 9.17) is 22.1 Å². The van der Waals surface area contributed by atoms with Crippen LogP contribution in [0.3, 0.4) is 0 Å². The predicted octanol–water partition coefficient (Wildman–Crippen LogP) is 2.06. The lowest BCUT2D eigenvalue weighted by Gasteiger charge is -2.14. The number of amides is 3. The highest BCUT2D eigenvalue weighted by molar-refractivity contribution is 9.10. The number of hydrogen-bond donors (Lipinski definition) is 2. The third-order valence-electron chi connectivity index (χ3n) is 1.81. The van der Waals surface area contributed by atoms with Gasteiger partial charge in [0.25, 0.3) is 5.91 Å². The van der Waals surface area contributed by atoms with E-state index in [0.717, 1.165) is 0 Å². The summed E-state index contributed by atoms with van der Waals surface area (Å²) in [7, 11) is 0. The Morgan fingerprint density at radius 3 is 2.71 bits per heavy atom. The van der Waals surface area contributed by atoms with Gasteiger partial charge in [-0.15, -0.1) is 0 Å². The topological polar surface area (TPSA) is 81.4 Å². The normalized spacial score (nSPS) is 11.7. The van der Waals surface area contributed by atoms with Gasteiger partial charge in [0.15, 0.2) is 6.10 Å². The molecule has 17 heavy (non-hydrogen) atoms. The van der Waals surface area contributed by atoms with E-state index in [0.29, 0.717) is 15.2 Å². The smallest absolute Gasteiger partial charge is 0.318 e. The summed E-state index contributed by atoms with van der Waals surface area (Å²) in [6.45, 7) is 1.50. The standard InChI is InChI=1S/C10H10BrClN2O3/c1-5(9(15)14-10(13)16)17-8-3-2-6(12)4-7(8)11/h2-5H,1H3,(H3,13,14,15,16)/t5-/m1/s1. The number of nitrogens with two attached hydrogens (primary N) is 1. The number of hydrogen-bond acceptors (Lipinski definition) is 3. The van der Waals surface area contributed by atoms with Crippen molar-refractivity contribution in [1.29, 1.82) is 0 Å². The van der Waals surface area contributed by atoms with Crippen LogP contribution in [0.2, 0.25) is 5.02 Å². The second-order valence-electron chi connectivity index (χ2n) is 3.19. The van der Waals surface area contributed by atoms with Gasteiger partial charge >= 0.3 is 6.03 Å². The molecule has 92 valence electrons. The molecule has 0 saturated carbocycles. The summed E-state index contributed by atoms with van der Waals surface area (Å²) < 4.78 is 5.95. The average Bonchev–Trinajstić information content (AvgIpc) is 2.21. The zero-order valence-corrected chi connectivity index (χ0v) is 11.2. The number of rotatable bonds is 3. The summed E-state index contributed by atoms with van der Waals surface area (Å²) in [5.74, 6) is -0.166. The minimum atomic E-state index is -0.916. The SMILES string of the molecule is C[C@@H](Oc1ccc(Cl)cc1Br)C(=O)NC(N)=O. The number of benzene rings is 1. The number of carbonyl (C=O) groups is 2.